The van der Waals surface area contributed by atoms with Crippen LogP contribution in [0.25, 0.3) is 16.6 Å². The number of benzene rings is 2. The number of aromatic nitrogens is 2. The molecule has 1 amide bonds. The maximum atomic E-state index is 12.3. The second kappa shape index (κ2) is 8.71. The lowest BCUT2D eigenvalue weighted by Crippen LogP contribution is -2.23. The molecular weight excluding hydrogens is 396 g/mol. The zero-order valence-electron chi connectivity index (χ0n) is 16.7. The molecule has 1 aromatic heterocycles. The largest absolute Gasteiger partial charge is 0.507 e. The van der Waals surface area contributed by atoms with Crippen LogP contribution in [0.5, 0.6) is 0 Å². The average Bonchev–Trinajstić information content (AvgIpc) is 3.39. The molecule has 2 N–H and O–H groups in total. The van der Waals surface area contributed by atoms with Gasteiger partial charge >= 0.3 is 5.97 Å². The summed E-state index contributed by atoms with van der Waals surface area (Å²) in [5.74, 6) is -0.669. The molecule has 0 atom stereocenters. The number of carbonyl (C=O) groups is 2. The van der Waals surface area contributed by atoms with E-state index in [0.717, 1.165) is 24.0 Å². The number of imidazole rings is 1. The summed E-state index contributed by atoms with van der Waals surface area (Å²) in [5.41, 5.74) is 2.53. The van der Waals surface area contributed by atoms with Crippen LogP contribution in [0.3, 0.4) is 0 Å². The smallest absolute Gasteiger partial charge is 0.338 e. The highest BCUT2D eigenvalue weighted by Crippen LogP contribution is 2.19. The number of ether oxygens (including phenoxy) is 1. The van der Waals surface area contributed by atoms with Crippen LogP contribution >= 0.6 is 0 Å². The first-order valence-electron chi connectivity index (χ1n) is 9.86. The number of nitrogens with one attached hydrogen (secondary N) is 1. The summed E-state index contributed by atoms with van der Waals surface area (Å²) in [6.07, 6.45) is 1.46. The Morgan fingerprint density at radius 3 is 2.68 bits per heavy atom. The first kappa shape index (κ1) is 20.2. The molecular formula is C23H20N4O4. The van der Waals surface area contributed by atoms with Crippen molar-refractivity contribution in [2.24, 2.45) is 0 Å². The number of likely N-dealkylation sites (tertiary alicyclic amines) is 1. The summed E-state index contributed by atoms with van der Waals surface area (Å²) in [4.78, 5) is 33.1. The van der Waals surface area contributed by atoms with Crippen molar-refractivity contribution in [3.8, 4) is 6.07 Å². The molecule has 2 heterocycles. The van der Waals surface area contributed by atoms with Gasteiger partial charge in [0, 0.05) is 19.5 Å². The minimum absolute atomic E-state index is 0.0883. The normalized spacial score (nSPS) is 14.4. The first-order valence-corrected chi connectivity index (χ1v) is 9.86. The molecule has 1 aliphatic rings. The molecule has 2 aromatic carbocycles. The number of H-pyrrole nitrogens is 1. The zero-order valence-corrected chi connectivity index (χ0v) is 16.7. The van der Waals surface area contributed by atoms with E-state index < -0.39 is 12.6 Å². The van der Waals surface area contributed by atoms with Crippen LogP contribution in [-0.4, -0.2) is 45.0 Å². The van der Waals surface area contributed by atoms with Crippen LogP contribution in [-0.2, 0) is 16.1 Å². The fourth-order valence-corrected chi connectivity index (χ4v) is 3.45. The lowest BCUT2D eigenvalue weighted by molar-refractivity contribution is -0.128. The second-order valence-electron chi connectivity index (χ2n) is 7.23. The van der Waals surface area contributed by atoms with E-state index in [0.29, 0.717) is 24.0 Å². The van der Waals surface area contributed by atoms with E-state index >= 15 is 0 Å². The number of esters is 1. The third kappa shape index (κ3) is 4.41. The Hall–Kier alpha value is -4.12. The van der Waals surface area contributed by atoms with Gasteiger partial charge in [-0.3, -0.25) is 4.79 Å². The Morgan fingerprint density at radius 2 is 2.00 bits per heavy atom. The van der Waals surface area contributed by atoms with E-state index in [1.165, 1.54) is 0 Å². The summed E-state index contributed by atoms with van der Waals surface area (Å²) in [6.45, 7) is 0.810. The second-order valence-corrected chi connectivity index (χ2v) is 7.23. The highest BCUT2D eigenvalue weighted by atomic mass is 16.5. The van der Waals surface area contributed by atoms with Gasteiger partial charge in [0.15, 0.2) is 11.6 Å². The van der Waals surface area contributed by atoms with Crippen LogP contribution in [0.1, 0.15) is 34.6 Å². The van der Waals surface area contributed by atoms with Gasteiger partial charge < -0.3 is 19.7 Å². The third-order valence-corrected chi connectivity index (χ3v) is 5.10. The number of nitriles is 1. The molecule has 1 fully saturated rings. The van der Waals surface area contributed by atoms with Crippen molar-refractivity contribution in [2.75, 3.05) is 13.2 Å². The molecule has 8 heteroatoms. The lowest BCUT2D eigenvalue weighted by atomic mass is 10.1. The lowest BCUT2D eigenvalue weighted by Gasteiger charge is -2.15. The number of nitrogens with zero attached hydrogens (tertiary/aromatic N) is 3. The van der Waals surface area contributed by atoms with Gasteiger partial charge in [0.2, 0.25) is 5.91 Å². The quantitative estimate of drug-likeness (QED) is 0.361. The van der Waals surface area contributed by atoms with E-state index in [2.05, 4.69) is 9.97 Å². The number of hydrogen-bond acceptors (Lipinski definition) is 6. The SMILES string of the molecule is N#C/C(=C(/O)COC(=O)c1ccc(CN2CCCC2=O)cc1)c1nc2ccccc2[nH]1. The van der Waals surface area contributed by atoms with Crippen molar-refractivity contribution < 1.29 is 19.4 Å². The summed E-state index contributed by atoms with van der Waals surface area (Å²) >= 11 is 0. The Labute approximate surface area is 178 Å². The Morgan fingerprint density at radius 1 is 1.23 bits per heavy atom. The molecule has 0 bridgehead atoms. The highest BCUT2D eigenvalue weighted by molar-refractivity contribution is 5.90. The molecule has 0 saturated carbocycles. The minimum Gasteiger partial charge on any atom is -0.507 e. The van der Waals surface area contributed by atoms with E-state index in [4.69, 9.17) is 4.74 Å². The molecule has 3 aromatic rings. The van der Waals surface area contributed by atoms with Crippen LogP contribution < -0.4 is 0 Å². The molecule has 0 unspecified atom stereocenters. The maximum absolute atomic E-state index is 12.3. The maximum Gasteiger partial charge on any atom is 0.338 e. The Kier molecular flexibility index (Phi) is 5.67. The molecule has 8 nitrogen and oxygen atoms in total. The van der Waals surface area contributed by atoms with Crippen molar-refractivity contribution in [1.82, 2.24) is 14.9 Å². The predicted octanol–water partition coefficient (Wildman–Crippen LogP) is 3.33. The summed E-state index contributed by atoms with van der Waals surface area (Å²) in [6, 6.07) is 15.9. The summed E-state index contributed by atoms with van der Waals surface area (Å²) in [7, 11) is 0. The van der Waals surface area contributed by atoms with Gasteiger partial charge in [-0.25, -0.2) is 9.78 Å². The Bertz CT molecular complexity index is 1170. The van der Waals surface area contributed by atoms with E-state index in [1.54, 1.807) is 41.3 Å². The first-order chi connectivity index (χ1) is 15.0. The van der Waals surface area contributed by atoms with Crippen LogP contribution in [0, 0.1) is 11.3 Å². The third-order valence-electron chi connectivity index (χ3n) is 5.10. The van der Waals surface area contributed by atoms with Crippen LogP contribution in [0.4, 0.5) is 0 Å². The number of hydrogen-bond donors (Lipinski definition) is 2. The number of aliphatic hydroxyl groups excluding tert-OH is 1. The summed E-state index contributed by atoms with van der Waals surface area (Å²) < 4.78 is 5.15. The number of carbonyl (C=O) groups excluding carboxylic acids is 2. The molecule has 1 aliphatic heterocycles. The number of fused-ring (bicyclic) bond motifs is 1. The van der Waals surface area contributed by atoms with Gasteiger partial charge in [-0.1, -0.05) is 24.3 Å². The average molecular weight is 416 g/mol. The predicted molar refractivity (Wildman–Crippen MR) is 113 cm³/mol. The Balaban J connectivity index is 1.41. The van der Waals surface area contributed by atoms with Gasteiger partial charge in [-0.2, -0.15) is 5.26 Å². The van der Waals surface area contributed by atoms with Crippen molar-refractivity contribution >= 4 is 28.5 Å². The van der Waals surface area contributed by atoms with Gasteiger partial charge in [0.25, 0.3) is 0 Å². The molecule has 0 aliphatic carbocycles. The number of aliphatic hydroxyl groups is 1. The van der Waals surface area contributed by atoms with Crippen molar-refractivity contribution in [1.29, 1.82) is 5.26 Å². The minimum atomic E-state index is -0.628. The standard InChI is InChI=1S/C23H20N4O4/c24-12-17(22-25-18-4-1-2-5-19(18)26-22)20(28)14-31-23(30)16-9-7-15(8-10-16)13-27-11-3-6-21(27)29/h1-2,4-5,7-10,28H,3,6,11,13-14H2,(H,25,26)/b20-17-. The highest BCUT2D eigenvalue weighted by Gasteiger charge is 2.20. The van der Waals surface area contributed by atoms with Gasteiger partial charge in [0.05, 0.1) is 16.6 Å². The number of aromatic amines is 1. The number of allylic oxidation sites excluding steroid dienone is 1. The molecule has 0 spiro atoms. The molecule has 31 heavy (non-hydrogen) atoms. The molecule has 1 saturated heterocycles. The van der Waals surface area contributed by atoms with E-state index in [1.807, 2.05) is 18.2 Å². The zero-order chi connectivity index (χ0) is 21.8. The van der Waals surface area contributed by atoms with Gasteiger partial charge in [-0.05, 0) is 36.2 Å². The number of para-hydroxylation sites is 2. The molecule has 0 radical (unpaired) electrons. The van der Waals surface area contributed by atoms with Gasteiger partial charge in [-0.15, -0.1) is 0 Å². The van der Waals surface area contributed by atoms with Crippen molar-refractivity contribution in [3.63, 3.8) is 0 Å². The number of amides is 1. The van der Waals surface area contributed by atoms with E-state index in [9.17, 15) is 20.0 Å². The fourth-order valence-electron chi connectivity index (χ4n) is 3.45. The monoisotopic (exact) mass is 416 g/mol. The van der Waals surface area contributed by atoms with Crippen LogP contribution in [0.15, 0.2) is 54.3 Å². The molecule has 4 rings (SSSR count). The number of rotatable bonds is 6. The van der Waals surface area contributed by atoms with Crippen molar-refractivity contribution in [2.45, 2.75) is 19.4 Å². The summed E-state index contributed by atoms with van der Waals surface area (Å²) in [5, 5.41) is 19.7. The van der Waals surface area contributed by atoms with E-state index in [-0.39, 0.29) is 23.1 Å². The molecule has 156 valence electrons. The van der Waals surface area contributed by atoms with Gasteiger partial charge in [0.1, 0.15) is 18.2 Å². The van der Waals surface area contributed by atoms with Crippen molar-refractivity contribution in [3.05, 3.63) is 71.2 Å². The topological polar surface area (TPSA) is 119 Å². The van der Waals surface area contributed by atoms with Crippen LogP contribution in [0.2, 0.25) is 0 Å². The fraction of sp³-hybridized carbons (Fsp3) is 0.217.